The van der Waals surface area contributed by atoms with Crippen LogP contribution in [-0.4, -0.2) is 37.8 Å². The molecule has 0 amide bonds. The van der Waals surface area contributed by atoms with Gasteiger partial charge in [-0.2, -0.15) is 0 Å². The summed E-state index contributed by atoms with van der Waals surface area (Å²) in [4.78, 5) is 2.04. The molecular formula is C12H15Cl4FN2. The van der Waals surface area contributed by atoms with Gasteiger partial charge < -0.3 is 5.32 Å². The van der Waals surface area contributed by atoms with Crippen molar-refractivity contribution in [2.24, 2.45) is 0 Å². The Morgan fingerprint density at radius 2 is 1.74 bits per heavy atom. The van der Waals surface area contributed by atoms with Crippen LogP contribution in [-0.2, 0) is 0 Å². The molecular weight excluding hydrogens is 333 g/mol. The molecule has 1 heterocycles. The van der Waals surface area contributed by atoms with Gasteiger partial charge in [-0.05, 0) is 12.1 Å². The van der Waals surface area contributed by atoms with Gasteiger partial charge in [-0.1, -0.05) is 34.8 Å². The summed E-state index contributed by atoms with van der Waals surface area (Å²) in [5.41, 5.74) is 0.593. The minimum absolute atomic E-state index is 0. The predicted molar refractivity (Wildman–Crippen MR) is 81.9 cm³/mol. The van der Waals surface area contributed by atoms with Crippen LogP contribution in [0.2, 0.25) is 15.1 Å². The molecule has 1 aromatic carbocycles. The number of hydrogen-bond donors (Lipinski definition) is 1. The summed E-state index contributed by atoms with van der Waals surface area (Å²) in [6.07, 6.45) is 0. The second-order valence-electron chi connectivity index (χ2n) is 4.21. The molecule has 19 heavy (non-hydrogen) atoms. The van der Waals surface area contributed by atoms with E-state index in [0.717, 1.165) is 26.2 Å². The first-order valence-corrected chi connectivity index (χ1v) is 6.92. The molecule has 1 saturated heterocycles. The van der Waals surface area contributed by atoms with E-state index < -0.39 is 12.7 Å². The average molecular weight is 348 g/mol. The number of nitrogens with zero attached hydrogens (tertiary/aromatic N) is 1. The summed E-state index contributed by atoms with van der Waals surface area (Å²) >= 11 is 18.3. The van der Waals surface area contributed by atoms with Crippen LogP contribution < -0.4 is 5.32 Å². The van der Waals surface area contributed by atoms with Gasteiger partial charge in [0, 0.05) is 36.8 Å². The summed E-state index contributed by atoms with van der Waals surface area (Å²) in [6.45, 7) is 2.69. The van der Waals surface area contributed by atoms with Gasteiger partial charge in [0.15, 0.2) is 0 Å². The van der Waals surface area contributed by atoms with E-state index in [9.17, 15) is 4.39 Å². The molecule has 1 fully saturated rings. The van der Waals surface area contributed by atoms with Crippen molar-refractivity contribution in [2.45, 2.75) is 6.04 Å². The van der Waals surface area contributed by atoms with E-state index in [2.05, 4.69) is 5.32 Å². The zero-order valence-electron chi connectivity index (χ0n) is 10.1. The molecule has 108 valence electrons. The molecule has 1 aliphatic rings. The van der Waals surface area contributed by atoms with E-state index in [0.29, 0.717) is 20.6 Å². The second-order valence-corrected chi connectivity index (χ2v) is 5.41. The Morgan fingerprint density at radius 3 is 2.32 bits per heavy atom. The van der Waals surface area contributed by atoms with Crippen LogP contribution in [0.15, 0.2) is 12.1 Å². The van der Waals surface area contributed by atoms with Crippen molar-refractivity contribution in [1.82, 2.24) is 10.2 Å². The molecule has 1 aromatic rings. The van der Waals surface area contributed by atoms with E-state index >= 15 is 0 Å². The third-order valence-corrected chi connectivity index (χ3v) is 4.30. The van der Waals surface area contributed by atoms with Crippen LogP contribution in [0, 0.1) is 0 Å². The van der Waals surface area contributed by atoms with Crippen molar-refractivity contribution in [3.8, 4) is 0 Å². The first-order valence-electron chi connectivity index (χ1n) is 5.79. The molecule has 0 radical (unpaired) electrons. The van der Waals surface area contributed by atoms with Gasteiger partial charge in [-0.25, -0.2) is 4.39 Å². The molecule has 0 spiro atoms. The van der Waals surface area contributed by atoms with Gasteiger partial charge in [0.05, 0.1) is 16.1 Å². The predicted octanol–water partition coefficient (Wildman–Crippen LogP) is 3.98. The van der Waals surface area contributed by atoms with Crippen LogP contribution in [0.3, 0.4) is 0 Å². The van der Waals surface area contributed by atoms with Gasteiger partial charge in [-0.15, -0.1) is 12.4 Å². The van der Waals surface area contributed by atoms with Crippen LogP contribution >= 0.6 is 47.2 Å². The Bertz CT molecular complexity index is 424. The first kappa shape index (κ1) is 17.3. The molecule has 1 N–H and O–H groups in total. The number of benzene rings is 1. The van der Waals surface area contributed by atoms with Gasteiger partial charge in [0.2, 0.25) is 0 Å². The zero-order chi connectivity index (χ0) is 13.1. The Labute approximate surface area is 133 Å². The number of piperazine rings is 1. The van der Waals surface area contributed by atoms with E-state index in [1.54, 1.807) is 12.1 Å². The molecule has 2 nitrogen and oxygen atoms in total. The molecule has 1 atom stereocenters. The fraction of sp³-hybridized carbons (Fsp3) is 0.500. The lowest BCUT2D eigenvalue weighted by atomic mass is 10.1. The van der Waals surface area contributed by atoms with Gasteiger partial charge in [-0.3, -0.25) is 4.90 Å². The molecule has 0 aliphatic carbocycles. The number of alkyl halides is 1. The van der Waals surface area contributed by atoms with Crippen molar-refractivity contribution in [1.29, 1.82) is 0 Å². The lowest BCUT2D eigenvalue weighted by molar-refractivity contribution is 0.147. The maximum Gasteiger partial charge on any atom is 0.109 e. The first-order chi connectivity index (χ1) is 8.65. The van der Waals surface area contributed by atoms with Gasteiger partial charge >= 0.3 is 0 Å². The Kier molecular flexibility index (Phi) is 7.15. The van der Waals surface area contributed by atoms with Gasteiger partial charge in [0.25, 0.3) is 0 Å². The Balaban J connectivity index is 0.00000180. The topological polar surface area (TPSA) is 15.3 Å². The van der Waals surface area contributed by atoms with Crippen molar-refractivity contribution in [2.75, 3.05) is 32.9 Å². The van der Waals surface area contributed by atoms with Crippen molar-refractivity contribution in [3.05, 3.63) is 32.8 Å². The fourth-order valence-electron chi connectivity index (χ4n) is 2.20. The number of nitrogens with one attached hydrogen (secondary N) is 1. The van der Waals surface area contributed by atoms with Gasteiger partial charge in [0.1, 0.15) is 6.67 Å². The van der Waals surface area contributed by atoms with E-state index in [1.807, 2.05) is 4.90 Å². The largest absolute Gasteiger partial charge is 0.314 e. The molecule has 0 aromatic heterocycles. The molecule has 1 aliphatic heterocycles. The minimum atomic E-state index is -0.528. The summed E-state index contributed by atoms with van der Waals surface area (Å²) in [6, 6.07) is 2.87. The quantitative estimate of drug-likeness (QED) is 0.832. The maximum absolute atomic E-state index is 13.4. The van der Waals surface area contributed by atoms with E-state index in [-0.39, 0.29) is 12.4 Å². The molecule has 7 heteroatoms. The second kappa shape index (κ2) is 7.87. The monoisotopic (exact) mass is 346 g/mol. The Morgan fingerprint density at radius 1 is 1.16 bits per heavy atom. The number of halogens is 5. The highest BCUT2D eigenvalue weighted by Gasteiger charge is 2.26. The normalized spacial score (nSPS) is 17.9. The summed E-state index contributed by atoms with van der Waals surface area (Å²) in [5, 5.41) is 4.45. The van der Waals surface area contributed by atoms with Crippen LogP contribution in [0.25, 0.3) is 0 Å². The van der Waals surface area contributed by atoms with Crippen molar-refractivity contribution in [3.63, 3.8) is 0 Å². The number of hydrogen-bond acceptors (Lipinski definition) is 2. The third-order valence-electron chi connectivity index (χ3n) is 3.15. The molecule has 0 unspecified atom stereocenters. The lowest BCUT2D eigenvalue weighted by Gasteiger charge is -2.34. The smallest absolute Gasteiger partial charge is 0.109 e. The summed E-state index contributed by atoms with van der Waals surface area (Å²) in [7, 11) is 0. The van der Waals surface area contributed by atoms with Crippen LogP contribution in [0.1, 0.15) is 11.6 Å². The van der Waals surface area contributed by atoms with Crippen LogP contribution in [0.5, 0.6) is 0 Å². The maximum atomic E-state index is 13.4. The van der Waals surface area contributed by atoms with Crippen molar-refractivity contribution < 1.29 is 4.39 Å². The fourth-order valence-corrected chi connectivity index (χ4v) is 2.99. The number of rotatable bonds is 3. The zero-order valence-corrected chi connectivity index (χ0v) is 13.2. The highest BCUT2D eigenvalue weighted by molar-refractivity contribution is 6.44. The highest BCUT2D eigenvalue weighted by Crippen LogP contribution is 2.38. The average Bonchev–Trinajstić information content (AvgIpc) is 2.40. The third kappa shape index (κ3) is 3.87. The molecule has 2 rings (SSSR count). The highest BCUT2D eigenvalue weighted by atomic mass is 35.5. The Hall–Kier alpha value is 0.230. The minimum Gasteiger partial charge on any atom is -0.314 e. The standard InChI is InChI=1S/C12H14Cl3FN2.ClH/c13-8-1-2-9(14)12(15)11(8)10(7-16)18-5-3-17-4-6-18;/h1-2,10,17H,3-7H2;1H/t10-;/m0./s1. The molecule has 0 saturated carbocycles. The van der Waals surface area contributed by atoms with E-state index in [1.165, 1.54) is 0 Å². The summed E-state index contributed by atoms with van der Waals surface area (Å²) < 4.78 is 13.4. The lowest BCUT2D eigenvalue weighted by Crippen LogP contribution is -2.45. The summed E-state index contributed by atoms with van der Waals surface area (Å²) in [5.74, 6) is 0. The SMILES string of the molecule is Cl.FC[C@@H](c1c(Cl)ccc(Cl)c1Cl)N1CCNCC1. The van der Waals surface area contributed by atoms with Crippen molar-refractivity contribution >= 4 is 47.2 Å². The van der Waals surface area contributed by atoms with E-state index in [4.69, 9.17) is 34.8 Å². The van der Waals surface area contributed by atoms with Crippen LogP contribution in [0.4, 0.5) is 4.39 Å². The molecule has 0 bridgehead atoms.